The topological polar surface area (TPSA) is 99.5 Å². The molecule has 0 unspecified atom stereocenters. The summed E-state index contributed by atoms with van der Waals surface area (Å²) in [5.74, 6) is -0.207. The van der Waals surface area contributed by atoms with E-state index < -0.39 is 5.97 Å². The first-order chi connectivity index (χ1) is 15.4. The van der Waals surface area contributed by atoms with E-state index in [0.717, 1.165) is 0 Å². The second kappa shape index (κ2) is 10.4. The highest BCUT2D eigenvalue weighted by Gasteiger charge is 2.16. The van der Waals surface area contributed by atoms with Gasteiger partial charge in [0, 0.05) is 17.7 Å². The molecule has 1 heterocycles. The highest BCUT2D eigenvalue weighted by molar-refractivity contribution is 5.96. The average Bonchev–Trinajstić information content (AvgIpc) is 3.19. The first-order valence-electron chi connectivity index (χ1n) is 10.3. The van der Waals surface area contributed by atoms with Gasteiger partial charge in [-0.2, -0.15) is 5.10 Å². The lowest BCUT2D eigenvalue weighted by Gasteiger charge is -2.10. The number of esters is 1. The van der Waals surface area contributed by atoms with E-state index >= 15 is 0 Å². The number of rotatable bonds is 9. The molecule has 8 nitrogen and oxygen atoms in total. The summed E-state index contributed by atoms with van der Waals surface area (Å²) in [5, 5.41) is 7.05. The first kappa shape index (κ1) is 22.7. The van der Waals surface area contributed by atoms with Gasteiger partial charge in [-0.15, -0.1) is 0 Å². The van der Waals surface area contributed by atoms with Crippen molar-refractivity contribution in [1.82, 2.24) is 9.78 Å². The molecule has 0 aliphatic carbocycles. The molecular formula is C24H25N3O5. The first-order valence-corrected chi connectivity index (χ1v) is 10.3. The van der Waals surface area contributed by atoms with Crippen LogP contribution in [0.3, 0.4) is 0 Å². The maximum Gasteiger partial charge on any atom is 0.341 e. The van der Waals surface area contributed by atoms with E-state index in [0.29, 0.717) is 40.4 Å². The average molecular weight is 435 g/mol. The molecular weight excluding hydrogens is 410 g/mol. The molecule has 1 amide bonds. The Kier molecular flexibility index (Phi) is 7.38. The highest BCUT2D eigenvalue weighted by Crippen LogP contribution is 2.19. The summed E-state index contributed by atoms with van der Waals surface area (Å²) in [6.45, 7) is 5.43. The van der Waals surface area contributed by atoms with Crippen LogP contribution >= 0.6 is 0 Å². The summed E-state index contributed by atoms with van der Waals surface area (Å²) in [6, 6.07) is 13.8. The molecule has 0 spiro atoms. The van der Waals surface area contributed by atoms with E-state index in [9.17, 15) is 14.4 Å². The van der Waals surface area contributed by atoms with E-state index in [1.165, 1.54) is 6.20 Å². The van der Waals surface area contributed by atoms with Crippen molar-refractivity contribution in [3.05, 3.63) is 71.5 Å². The zero-order valence-corrected chi connectivity index (χ0v) is 18.3. The Balaban J connectivity index is 1.63. The fourth-order valence-electron chi connectivity index (χ4n) is 3.08. The summed E-state index contributed by atoms with van der Waals surface area (Å²) >= 11 is 0. The predicted octanol–water partition coefficient (Wildman–Crippen LogP) is 3.97. The quantitative estimate of drug-likeness (QED) is 0.403. The number of nitrogens with one attached hydrogen (secondary N) is 1. The lowest BCUT2D eigenvalue weighted by Crippen LogP contribution is -2.20. The van der Waals surface area contributed by atoms with Crippen LogP contribution in [-0.2, 0) is 9.53 Å². The normalized spacial score (nSPS) is 10.5. The molecule has 0 bridgehead atoms. The third kappa shape index (κ3) is 5.40. The van der Waals surface area contributed by atoms with Crippen molar-refractivity contribution < 1.29 is 23.9 Å². The van der Waals surface area contributed by atoms with E-state index in [1.807, 2.05) is 6.07 Å². The number of nitrogens with zero attached hydrogens (tertiary/aromatic N) is 2. The minimum Gasteiger partial charge on any atom is -0.484 e. The lowest BCUT2D eigenvalue weighted by atomic mass is 10.1. The van der Waals surface area contributed by atoms with Gasteiger partial charge in [-0.25, -0.2) is 9.48 Å². The van der Waals surface area contributed by atoms with E-state index in [2.05, 4.69) is 10.4 Å². The van der Waals surface area contributed by atoms with Crippen LogP contribution in [0.25, 0.3) is 5.69 Å². The maximum atomic E-state index is 12.3. The van der Waals surface area contributed by atoms with Gasteiger partial charge in [0.25, 0.3) is 5.91 Å². The van der Waals surface area contributed by atoms with Gasteiger partial charge >= 0.3 is 5.97 Å². The van der Waals surface area contributed by atoms with Crippen molar-refractivity contribution in [2.75, 3.05) is 18.5 Å². The summed E-state index contributed by atoms with van der Waals surface area (Å²) < 4.78 is 12.2. The smallest absolute Gasteiger partial charge is 0.341 e. The minimum absolute atomic E-state index is 0.0518. The summed E-state index contributed by atoms with van der Waals surface area (Å²) in [5.41, 5.74) is 2.89. The van der Waals surface area contributed by atoms with Crippen molar-refractivity contribution >= 4 is 23.3 Å². The van der Waals surface area contributed by atoms with Gasteiger partial charge in [0.1, 0.15) is 11.3 Å². The van der Waals surface area contributed by atoms with E-state index in [-0.39, 0.29) is 24.9 Å². The highest BCUT2D eigenvalue weighted by atomic mass is 16.5. The van der Waals surface area contributed by atoms with Crippen LogP contribution in [0.1, 0.15) is 46.7 Å². The minimum atomic E-state index is -0.426. The molecule has 0 saturated carbocycles. The zero-order chi connectivity index (χ0) is 23.1. The number of benzene rings is 2. The molecule has 0 aliphatic rings. The second-order valence-electron chi connectivity index (χ2n) is 6.96. The molecule has 0 aliphatic heterocycles. The van der Waals surface area contributed by atoms with Gasteiger partial charge in [0.2, 0.25) is 0 Å². The van der Waals surface area contributed by atoms with E-state index in [4.69, 9.17) is 9.47 Å². The van der Waals surface area contributed by atoms with Gasteiger partial charge in [-0.3, -0.25) is 9.59 Å². The second-order valence-corrected chi connectivity index (χ2v) is 6.96. The number of ketones is 1. The number of amides is 1. The number of hydrogen-bond donors (Lipinski definition) is 1. The molecule has 1 N–H and O–H groups in total. The number of ether oxygens (including phenoxy) is 2. The van der Waals surface area contributed by atoms with Gasteiger partial charge < -0.3 is 14.8 Å². The van der Waals surface area contributed by atoms with Crippen LogP contribution < -0.4 is 10.1 Å². The maximum absolute atomic E-state index is 12.3. The van der Waals surface area contributed by atoms with Crippen molar-refractivity contribution in [3.8, 4) is 11.4 Å². The van der Waals surface area contributed by atoms with Crippen LogP contribution in [0.2, 0.25) is 0 Å². The fraction of sp³-hybridized carbons (Fsp3) is 0.250. The number of Topliss-reactive ketones (excluding diaryl/α,β-unsaturated/α-hetero) is 1. The van der Waals surface area contributed by atoms with Crippen molar-refractivity contribution in [3.63, 3.8) is 0 Å². The molecule has 0 atom stereocenters. The molecule has 0 radical (unpaired) electrons. The summed E-state index contributed by atoms with van der Waals surface area (Å²) in [6.07, 6.45) is 1.90. The monoisotopic (exact) mass is 435 g/mol. The van der Waals surface area contributed by atoms with E-state index in [1.54, 1.807) is 67.9 Å². The number of aromatic nitrogens is 2. The third-order valence-electron chi connectivity index (χ3n) is 4.75. The SMILES string of the molecule is CCOC(=O)c1cnn(-c2cccc(NC(=O)COc3ccc(C(=O)CC)cc3)c2)c1C. The Morgan fingerprint density at radius 1 is 1.06 bits per heavy atom. The van der Waals surface area contributed by atoms with Gasteiger partial charge in [-0.1, -0.05) is 13.0 Å². The zero-order valence-electron chi connectivity index (χ0n) is 18.3. The molecule has 2 aromatic carbocycles. The summed E-state index contributed by atoms with van der Waals surface area (Å²) in [7, 11) is 0. The van der Waals surface area contributed by atoms with Crippen LogP contribution in [0, 0.1) is 6.92 Å². The van der Waals surface area contributed by atoms with Gasteiger partial charge in [0.05, 0.1) is 24.2 Å². The van der Waals surface area contributed by atoms with Crippen molar-refractivity contribution in [2.45, 2.75) is 27.2 Å². The standard InChI is InChI=1S/C24H25N3O5/c1-4-22(28)17-9-11-20(12-10-17)32-15-23(29)26-18-7-6-8-19(13-18)27-16(3)21(14-25-27)24(30)31-5-2/h6-14H,4-5,15H2,1-3H3,(H,26,29). The third-order valence-corrected chi connectivity index (χ3v) is 4.75. The molecule has 8 heteroatoms. The Morgan fingerprint density at radius 3 is 2.50 bits per heavy atom. The molecule has 0 fully saturated rings. The molecule has 1 aromatic heterocycles. The number of carbonyl (C=O) groups excluding carboxylic acids is 3. The largest absolute Gasteiger partial charge is 0.484 e. The van der Waals surface area contributed by atoms with Crippen LogP contribution in [-0.4, -0.2) is 40.7 Å². The number of carbonyl (C=O) groups is 3. The van der Waals surface area contributed by atoms with Crippen molar-refractivity contribution in [1.29, 1.82) is 0 Å². The van der Waals surface area contributed by atoms with Gasteiger partial charge in [-0.05, 0) is 56.3 Å². The molecule has 3 rings (SSSR count). The molecule has 166 valence electrons. The Morgan fingerprint density at radius 2 is 1.81 bits per heavy atom. The number of anilines is 1. The van der Waals surface area contributed by atoms with Crippen molar-refractivity contribution in [2.24, 2.45) is 0 Å². The van der Waals surface area contributed by atoms with Crippen LogP contribution in [0.5, 0.6) is 5.75 Å². The Hall–Kier alpha value is -3.94. The summed E-state index contributed by atoms with van der Waals surface area (Å²) in [4.78, 5) is 36.0. The van der Waals surface area contributed by atoms with Crippen LogP contribution in [0.15, 0.2) is 54.7 Å². The molecule has 3 aromatic rings. The van der Waals surface area contributed by atoms with Crippen LogP contribution in [0.4, 0.5) is 5.69 Å². The number of hydrogen-bond acceptors (Lipinski definition) is 6. The Labute approximate surface area is 186 Å². The Bertz CT molecular complexity index is 1120. The van der Waals surface area contributed by atoms with Gasteiger partial charge in [0.15, 0.2) is 12.4 Å². The molecule has 32 heavy (non-hydrogen) atoms. The fourth-order valence-corrected chi connectivity index (χ4v) is 3.08. The molecule has 0 saturated heterocycles. The lowest BCUT2D eigenvalue weighted by molar-refractivity contribution is -0.118. The predicted molar refractivity (Wildman–Crippen MR) is 119 cm³/mol.